The highest BCUT2D eigenvalue weighted by Gasteiger charge is 2.39. The third kappa shape index (κ3) is 20.9. The number of Topliss-reactive ketones (excluding diaryl/α,β-unsaturated/α-hetero) is 1. The predicted molar refractivity (Wildman–Crippen MR) is 179 cm³/mol. The molecule has 1 aliphatic carbocycles. The van der Waals surface area contributed by atoms with Crippen molar-refractivity contribution in [1.82, 2.24) is 0 Å². The molecular weight excluding hydrogens is 572 g/mol. The Balaban J connectivity index is 2.13. The van der Waals surface area contributed by atoms with Gasteiger partial charge in [0.15, 0.2) is 6.10 Å². The van der Waals surface area contributed by atoms with E-state index < -0.39 is 18.3 Å². The number of allylic oxidation sites excluding steroid dienone is 1. The van der Waals surface area contributed by atoms with E-state index in [9.17, 15) is 29.7 Å². The summed E-state index contributed by atoms with van der Waals surface area (Å²) in [5.74, 6) is -1.18. The molecule has 0 spiro atoms. The molecule has 1 fully saturated rings. The second-order valence-electron chi connectivity index (χ2n) is 13.1. The standard InChI is InChI=1S/C37H66O8/c1-3-5-7-8-9-10-11-12-13-14-20-24-37(43)45-31(28-38)29-44-36(42)23-19-16-15-18-22-32-33(35(41)27-34(32)40)26-25-30(39)21-17-6-4-2/h25-26,30-34,38-40H,3-24,27-29H2,1-2H3/b26-25+/t30-,31-,32+,33+,34-/m0/s1. The molecule has 8 heteroatoms. The number of ether oxygens (including phenoxy) is 2. The maximum atomic E-state index is 12.4. The van der Waals surface area contributed by atoms with E-state index in [0.717, 1.165) is 64.2 Å². The maximum Gasteiger partial charge on any atom is 0.306 e. The number of carbonyl (C=O) groups is 3. The zero-order valence-electron chi connectivity index (χ0n) is 28.6. The molecule has 0 aromatic carbocycles. The van der Waals surface area contributed by atoms with Crippen LogP contribution in [0.1, 0.15) is 162 Å². The fraction of sp³-hybridized carbons (Fsp3) is 0.865. The third-order valence-corrected chi connectivity index (χ3v) is 8.97. The van der Waals surface area contributed by atoms with Gasteiger partial charge in [0.05, 0.1) is 18.8 Å². The Morgan fingerprint density at radius 2 is 1.33 bits per heavy atom. The molecule has 5 atom stereocenters. The number of aliphatic hydroxyl groups excluding tert-OH is 3. The first-order chi connectivity index (χ1) is 21.8. The Kier molecular flexibility index (Phi) is 25.1. The van der Waals surface area contributed by atoms with Gasteiger partial charge in [-0.2, -0.15) is 0 Å². The molecule has 0 amide bonds. The molecule has 0 unspecified atom stereocenters. The molecule has 1 saturated carbocycles. The predicted octanol–water partition coefficient (Wildman–Crippen LogP) is 7.54. The van der Waals surface area contributed by atoms with Gasteiger partial charge in [-0.15, -0.1) is 0 Å². The highest BCUT2D eigenvalue weighted by atomic mass is 16.6. The number of unbranched alkanes of at least 4 members (excludes halogenated alkanes) is 15. The minimum absolute atomic E-state index is 0.0354. The fourth-order valence-corrected chi connectivity index (χ4v) is 6.10. The number of carbonyl (C=O) groups excluding carboxylic acids is 3. The van der Waals surface area contributed by atoms with E-state index in [2.05, 4.69) is 13.8 Å². The molecule has 0 aliphatic heterocycles. The molecule has 3 N–H and O–H groups in total. The molecule has 0 heterocycles. The molecule has 0 aromatic rings. The summed E-state index contributed by atoms with van der Waals surface area (Å²) in [6, 6.07) is 0. The first-order valence-corrected chi connectivity index (χ1v) is 18.3. The number of rotatable bonds is 29. The summed E-state index contributed by atoms with van der Waals surface area (Å²) in [5.41, 5.74) is 0. The number of ketones is 1. The highest BCUT2D eigenvalue weighted by molar-refractivity contribution is 5.86. The molecule has 0 radical (unpaired) electrons. The fourth-order valence-electron chi connectivity index (χ4n) is 6.10. The Hall–Kier alpha value is -1.77. The topological polar surface area (TPSA) is 130 Å². The first kappa shape index (κ1) is 41.3. The lowest BCUT2D eigenvalue weighted by atomic mass is 9.88. The van der Waals surface area contributed by atoms with Gasteiger partial charge in [-0.3, -0.25) is 14.4 Å². The van der Waals surface area contributed by atoms with Crippen molar-refractivity contribution in [3.63, 3.8) is 0 Å². The van der Waals surface area contributed by atoms with Crippen molar-refractivity contribution >= 4 is 17.7 Å². The lowest BCUT2D eigenvalue weighted by molar-refractivity contribution is -0.161. The molecule has 1 aliphatic rings. The van der Waals surface area contributed by atoms with Crippen LogP contribution in [0.15, 0.2) is 12.2 Å². The number of hydrogen-bond donors (Lipinski definition) is 3. The van der Waals surface area contributed by atoms with Crippen LogP contribution in [-0.4, -0.2) is 64.6 Å². The highest BCUT2D eigenvalue weighted by Crippen LogP contribution is 2.34. The van der Waals surface area contributed by atoms with Crippen molar-refractivity contribution in [2.75, 3.05) is 13.2 Å². The monoisotopic (exact) mass is 638 g/mol. The van der Waals surface area contributed by atoms with Crippen molar-refractivity contribution in [2.45, 2.75) is 180 Å². The van der Waals surface area contributed by atoms with Gasteiger partial charge in [0.1, 0.15) is 12.4 Å². The third-order valence-electron chi connectivity index (χ3n) is 8.97. The van der Waals surface area contributed by atoms with Crippen LogP contribution in [-0.2, 0) is 23.9 Å². The van der Waals surface area contributed by atoms with Crippen molar-refractivity contribution in [2.24, 2.45) is 11.8 Å². The summed E-state index contributed by atoms with van der Waals surface area (Å²) < 4.78 is 10.5. The van der Waals surface area contributed by atoms with Gasteiger partial charge in [-0.25, -0.2) is 0 Å². The van der Waals surface area contributed by atoms with E-state index in [4.69, 9.17) is 9.47 Å². The summed E-state index contributed by atoms with van der Waals surface area (Å²) in [7, 11) is 0. The van der Waals surface area contributed by atoms with E-state index >= 15 is 0 Å². The Labute approximate surface area is 273 Å². The Morgan fingerprint density at radius 3 is 1.93 bits per heavy atom. The second kappa shape index (κ2) is 27.4. The molecule has 1 rings (SSSR count). The summed E-state index contributed by atoms with van der Waals surface area (Å²) in [6.45, 7) is 3.82. The number of aliphatic hydroxyl groups is 3. The summed E-state index contributed by atoms with van der Waals surface area (Å²) >= 11 is 0. The Bertz CT molecular complexity index is 797. The van der Waals surface area contributed by atoms with Crippen molar-refractivity contribution < 1.29 is 39.2 Å². The summed E-state index contributed by atoms with van der Waals surface area (Å²) in [4.78, 5) is 36.7. The van der Waals surface area contributed by atoms with Crippen molar-refractivity contribution in [3.05, 3.63) is 12.2 Å². The van der Waals surface area contributed by atoms with E-state index in [1.165, 1.54) is 51.4 Å². The van der Waals surface area contributed by atoms with E-state index in [0.29, 0.717) is 19.3 Å². The van der Waals surface area contributed by atoms with E-state index in [1.807, 2.05) is 0 Å². The van der Waals surface area contributed by atoms with Crippen LogP contribution in [0.3, 0.4) is 0 Å². The first-order valence-electron chi connectivity index (χ1n) is 18.3. The molecule has 262 valence electrons. The van der Waals surface area contributed by atoms with Gasteiger partial charge in [0.2, 0.25) is 0 Å². The minimum atomic E-state index is -0.839. The van der Waals surface area contributed by atoms with Gasteiger partial charge in [0.25, 0.3) is 0 Å². The lowest BCUT2D eigenvalue weighted by Gasteiger charge is -2.19. The number of hydrogen-bond acceptors (Lipinski definition) is 8. The van der Waals surface area contributed by atoms with Crippen molar-refractivity contribution in [1.29, 1.82) is 0 Å². The smallest absolute Gasteiger partial charge is 0.306 e. The van der Waals surface area contributed by atoms with Gasteiger partial charge < -0.3 is 24.8 Å². The molecule has 0 saturated heterocycles. The molecular formula is C37H66O8. The number of esters is 2. The van der Waals surface area contributed by atoms with Gasteiger partial charge in [-0.05, 0) is 31.6 Å². The van der Waals surface area contributed by atoms with Crippen LogP contribution >= 0.6 is 0 Å². The largest absolute Gasteiger partial charge is 0.462 e. The average molecular weight is 639 g/mol. The normalized spacial score (nSPS) is 19.7. The Morgan fingerprint density at radius 1 is 0.800 bits per heavy atom. The maximum absolute atomic E-state index is 12.4. The summed E-state index contributed by atoms with van der Waals surface area (Å²) in [5, 5.41) is 30.1. The molecule has 0 aromatic heterocycles. The average Bonchev–Trinajstić information content (AvgIpc) is 3.29. The van der Waals surface area contributed by atoms with Crippen LogP contribution < -0.4 is 0 Å². The van der Waals surface area contributed by atoms with E-state index in [-0.39, 0.29) is 55.6 Å². The van der Waals surface area contributed by atoms with Crippen LogP contribution in [0.5, 0.6) is 0 Å². The molecule has 45 heavy (non-hydrogen) atoms. The second-order valence-corrected chi connectivity index (χ2v) is 13.1. The zero-order chi connectivity index (χ0) is 33.1. The van der Waals surface area contributed by atoms with Gasteiger partial charge in [-0.1, -0.05) is 129 Å². The molecule has 0 bridgehead atoms. The van der Waals surface area contributed by atoms with Crippen LogP contribution in [0.2, 0.25) is 0 Å². The van der Waals surface area contributed by atoms with Gasteiger partial charge in [0, 0.05) is 25.2 Å². The van der Waals surface area contributed by atoms with E-state index in [1.54, 1.807) is 12.2 Å². The summed E-state index contributed by atoms with van der Waals surface area (Å²) in [6.07, 6.45) is 23.2. The molecule has 8 nitrogen and oxygen atoms in total. The van der Waals surface area contributed by atoms with Crippen LogP contribution in [0.4, 0.5) is 0 Å². The van der Waals surface area contributed by atoms with Crippen molar-refractivity contribution in [3.8, 4) is 0 Å². The van der Waals surface area contributed by atoms with Gasteiger partial charge >= 0.3 is 11.9 Å². The lowest BCUT2D eigenvalue weighted by Crippen LogP contribution is -2.28. The zero-order valence-corrected chi connectivity index (χ0v) is 28.6. The van der Waals surface area contributed by atoms with Crippen LogP contribution in [0.25, 0.3) is 0 Å². The SMILES string of the molecule is CCCCCCCCCCCCCC(=O)O[C@@H](CO)COC(=O)CCCCCC[C@H]1[C@@H](O)CC(=O)[C@@H]1/C=C/[C@@H](O)CCCCC. The quantitative estimate of drug-likeness (QED) is 0.0435. The van der Waals surface area contributed by atoms with Crippen LogP contribution in [0, 0.1) is 11.8 Å². The minimum Gasteiger partial charge on any atom is -0.462 e.